The summed E-state index contributed by atoms with van der Waals surface area (Å²) < 4.78 is 67.0. The number of hydrogen-bond acceptors (Lipinski definition) is 15. The molecule has 18 nitrogen and oxygen atoms in total. The molecule has 9 aromatic rings. The van der Waals surface area contributed by atoms with Gasteiger partial charge >= 0.3 is 7.12 Å². The first-order valence-corrected chi connectivity index (χ1v) is 23.9. The predicted octanol–water partition coefficient (Wildman–Crippen LogP) is 9.25. The van der Waals surface area contributed by atoms with Crippen LogP contribution in [0.1, 0.15) is 86.7 Å². The molecule has 11 rings (SSSR count). The van der Waals surface area contributed by atoms with E-state index in [9.17, 15) is 27.2 Å². The molecule has 3 aromatic carbocycles. The molecule has 0 saturated carbocycles. The van der Waals surface area contributed by atoms with E-state index in [2.05, 4.69) is 77.9 Å². The maximum atomic E-state index is 13.3. The van der Waals surface area contributed by atoms with Gasteiger partial charge in [0.1, 0.15) is 28.7 Å². The normalized spacial score (nSPS) is 14.8. The maximum absolute atomic E-state index is 13.3. The van der Waals surface area contributed by atoms with E-state index in [-0.39, 0.29) is 38.1 Å². The van der Waals surface area contributed by atoms with Crippen molar-refractivity contribution in [2.45, 2.75) is 85.6 Å². The van der Waals surface area contributed by atoms with Crippen molar-refractivity contribution in [2.75, 3.05) is 26.2 Å². The third kappa shape index (κ3) is 13.8. The molecule has 6 N–H and O–H groups in total. The standard InChI is InChI=1S/C18H20F2N4O.C13H11N3O2.C8H5BrN2O.C5H8BNO3.C5H9F2N.ClH/c1-11-17(12(2)25-23-11)13-3-4-15-14(9-13)16(22-21-15)10-24-7-5-18(19,20)6-8-24;1-7-13(8(2)18-16-7)9-3-4-11-10(5-9)12(6-17)15-14-11;9-5-1-2-7-6(3-5)8(4-12)11-10-7;1-3-5(6(8)9)4(2)10-7-3;6-5(7)1-3-8-4-2-5;/h3-4,9H,5-8,10H2,1-2H3,(H,21,22);3-6H,1-2H3,(H,14,15);1-4H,(H,10,11);8-9H,1-2H3;8H,1-4H2;1H. The van der Waals surface area contributed by atoms with E-state index >= 15 is 0 Å². The summed E-state index contributed by atoms with van der Waals surface area (Å²) >= 11 is 3.32. The van der Waals surface area contributed by atoms with Crippen molar-refractivity contribution in [2.24, 2.45) is 0 Å². The number of nitrogens with zero attached hydrogens (tertiary/aromatic N) is 7. The molecule has 6 aromatic heterocycles. The number of piperidine rings is 2. The fourth-order valence-electron chi connectivity index (χ4n) is 8.41. The van der Waals surface area contributed by atoms with Crippen LogP contribution in [-0.2, 0) is 6.54 Å². The summed E-state index contributed by atoms with van der Waals surface area (Å²) in [5.74, 6) is -2.91. The minimum atomic E-state index is -2.52. The number of likely N-dealkylation sites (tertiary alicyclic amines) is 1. The van der Waals surface area contributed by atoms with Gasteiger partial charge in [-0.15, -0.1) is 12.4 Å². The number of benzene rings is 3. The summed E-state index contributed by atoms with van der Waals surface area (Å²) in [6, 6.07) is 17.4. The molecule has 2 fully saturated rings. The van der Waals surface area contributed by atoms with Crippen molar-refractivity contribution in [1.82, 2.24) is 56.3 Å². The van der Waals surface area contributed by atoms with Crippen LogP contribution in [0.15, 0.2) is 72.6 Å². The van der Waals surface area contributed by atoms with Crippen LogP contribution in [0.25, 0.3) is 55.0 Å². The molecule has 0 unspecified atom stereocenters. The van der Waals surface area contributed by atoms with Crippen molar-refractivity contribution >= 4 is 86.2 Å². The predicted molar refractivity (Wildman–Crippen MR) is 276 cm³/mol. The Kier molecular flexibility index (Phi) is 18.9. The minimum absolute atomic E-state index is 0. The summed E-state index contributed by atoms with van der Waals surface area (Å²) in [4.78, 5) is 23.5. The van der Waals surface area contributed by atoms with Crippen LogP contribution in [0.4, 0.5) is 17.6 Å². The number of halogens is 6. The Morgan fingerprint density at radius 1 is 0.635 bits per heavy atom. The highest BCUT2D eigenvalue weighted by Gasteiger charge is 2.34. The summed E-state index contributed by atoms with van der Waals surface area (Å²) in [7, 11) is -1.48. The van der Waals surface area contributed by atoms with Gasteiger partial charge in [0.2, 0.25) is 0 Å². The van der Waals surface area contributed by atoms with Crippen LogP contribution in [0.3, 0.4) is 0 Å². The second-order valence-electron chi connectivity index (χ2n) is 17.6. The molecular weight excluding hydrogens is 1060 g/mol. The first-order chi connectivity index (χ1) is 34.8. The number of rotatable bonds is 7. The summed E-state index contributed by atoms with van der Waals surface area (Å²) in [5.41, 5.74) is 10.9. The molecule has 0 aliphatic carbocycles. The molecule has 2 saturated heterocycles. The first-order valence-electron chi connectivity index (χ1n) is 23.1. The molecule has 0 radical (unpaired) electrons. The molecule has 0 spiro atoms. The Balaban J connectivity index is 0.000000160. The second-order valence-corrected chi connectivity index (χ2v) is 18.5. The van der Waals surface area contributed by atoms with Gasteiger partial charge in [-0.1, -0.05) is 43.5 Å². The highest BCUT2D eigenvalue weighted by molar-refractivity contribution is 9.10. The number of nitrogens with one attached hydrogen (secondary N) is 4. The zero-order valence-electron chi connectivity index (χ0n) is 41.2. The number of aromatic amines is 3. The fraction of sp³-hybridized carbons (Fsp3) is 0.347. The van der Waals surface area contributed by atoms with Gasteiger partial charge in [0.05, 0.1) is 39.3 Å². The van der Waals surface area contributed by atoms with E-state index in [1.54, 1.807) is 13.8 Å². The number of carbonyl (C=O) groups excluding carboxylic acids is 2. The Morgan fingerprint density at radius 2 is 1.08 bits per heavy atom. The lowest BCUT2D eigenvalue weighted by Crippen LogP contribution is -2.38. The first kappa shape index (κ1) is 56.7. The van der Waals surface area contributed by atoms with Gasteiger partial charge < -0.3 is 28.9 Å². The van der Waals surface area contributed by atoms with E-state index in [0.29, 0.717) is 61.0 Å². The van der Waals surface area contributed by atoms with E-state index in [4.69, 9.17) is 19.1 Å². The third-order valence-corrected chi connectivity index (χ3v) is 12.8. The molecule has 0 atom stereocenters. The number of fused-ring (bicyclic) bond motifs is 3. The summed E-state index contributed by atoms with van der Waals surface area (Å²) in [5, 5.41) is 55.3. The Morgan fingerprint density at radius 3 is 1.51 bits per heavy atom. The lowest BCUT2D eigenvalue weighted by molar-refractivity contribution is -0.0568. The quantitative estimate of drug-likeness (QED) is 0.0494. The zero-order valence-corrected chi connectivity index (χ0v) is 43.6. The molecule has 74 heavy (non-hydrogen) atoms. The molecule has 0 bridgehead atoms. The van der Waals surface area contributed by atoms with Crippen LogP contribution >= 0.6 is 28.3 Å². The average Bonchev–Trinajstić information content (AvgIpc) is 4.23. The minimum Gasteiger partial charge on any atom is -0.423 e. The van der Waals surface area contributed by atoms with Gasteiger partial charge in [-0.3, -0.25) is 29.8 Å². The molecule has 2 aliphatic rings. The monoisotopic (exact) mass is 1110 g/mol. The zero-order chi connectivity index (χ0) is 52.6. The summed E-state index contributed by atoms with van der Waals surface area (Å²) in [6.45, 7) is 13.2. The molecule has 25 heteroatoms. The molecule has 8 heterocycles. The Labute approximate surface area is 436 Å². The number of aromatic nitrogens is 9. The maximum Gasteiger partial charge on any atom is 0.494 e. The Hall–Kier alpha value is -6.57. The lowest BCUT2D eigenvalue weighted by Gasteiger charge is -2.31. The molecular formula is C49H54BBrClF4N11O7. The van der Waals surface area contributed by atoms with E-state index in [1.807, 2.05) is 81.1 Å². The number of aldehydes is 2. The van der Waals surface area contributed by atoms with Crippen molar-refractivity contribution in [3.8, 4) is 22.3 Å². The number of aryl methyl sites for hydroxylation is 6. The van der Waals surface area contributed by atoms with Crippen LogP contribution in [0.2, 0.25) is 0 Å². The highest BCUT2D eigenvalue weighted by atomic mass is 79.9. The van der Waals surface area contributed by atoms with Crippen molar-refractivity contribution in [3.05, 3.63) is 111 Å². The number of alkyl halides is 4. The SMILES string of the molecule is Cc1noc(C)c1-c1ccc2n[nH]c(C=O)c2c1.Cc1noc(C)c1-c1ccc2n[nH]c(CN3CCC(F)(F)CC3)c2c1.Cc1noc(C)c1B(O)O.Cl.FC1(F)CCNCC1.O=Cc1[nH]nc2ccc(Br)cc12. The van der Waals surface area contributed by atoms with Gasteiger partial charge in [-0.25, -0.2) is 17.6 Å². The third-order valence-electron chi connectivity index (χ3n) is 12.3. The van der Waals surface area contributed by atoms with Crippen molar-refractivity contribution in [3.63, 3.8) is 0 Å². The second kappa shape index (κ2) is 24.6. The number of H-pyrrole nitrogens is 3. The van der Waals surface area contributed by atoms with Crippen LogP contribution in [0, 0.1) is 41.5 Å². The van der Waals surface area contributed by atoms with Gasteiger partial charge in [0.15, 0.2) is 12.6 Å². The molecule has 0 amide bonds. The number of hydrogen-bond donors (Lipinski definition) is 6. The largest absolute Gasteiger partial charge is 0.494 e. The van der Waals surface area contributed by atoms with E-state index in [1.165, 1.54) is 0 Å². The molecule has 2 aliphatic heterocycles. The van der Waals surface area contributed by atoms with Gasteiger partial charge in [0, 0.05) is 95.6 Å². The lowest BCUT2D eigenvalue weighted by atomic mass is 9.79. The van der Waals surface area contributed by atoms with Crippen molar-refractivity contribution in [1.29, 1.82) is 0 Å². The highest BCUT2D eigenvalue weighted by Crippen LogP contribution is 2.33. The van der Waals surface area contributed by atoms with E-state index in [0.717, 1.165) is 101 Å². The summed E-state index contributed by atoms with van der Waals surface area (Å²) in [6.07, 6.45) is 1.39. The van der Waals surface area contributed by atoms with Crippen LogP contribution in [0.5, 0.6) is 0 Å². The smallest absolute Gasteiger partial charge is 0.423 e. The van der Waals surface area contributed by atoms with E-state index < -0.39 is 19.0 Å². The van der Waals surface area contributed by atoms with Gasteiger partial charge in [-0.05, 0) is 95.1 Å². The van der Waals surface area contributed by atoms with Crippen LogP contribution < -0.4 is 10.8 Å². The average molecular weight is 1110 g/mol. The van der Waals surface area contributed by atoms with Crippen LogP contribution in [-0.4, -0.2) is 119 Å². The fourth-order valence-corrected chi connectivity index (χ4v) is 8.77. The van der Waals surface area contributed by atoms with Crippen molar-refractivity contribution < 1.29 is 50.8 Å². The number of carbonyl (C=O) groups is 2. The topological polar surface area (TPSA) is 254 Å². The van der Waals surface area contributed by atoms with Gasteiger partial charge in [0.25, 0.3) is 11.8 Å². The van der Waals surface area contributed by atoms with Gasteiger partial charge in [-0.2, -0.15) is 15.3 Å². The molecule has 392 valence electrons. The Bertz CT molecular complexity index is 3260.